The summed E-state index contributed by atoms with van der Waals surface area (Å²) >= 11 is 0. The van der Waals surface area contributed by atoms with Gasteiger partial charge < -0.3 is 18.9 Å². The highest BCUT2D eigenvalue weighted by molar-refractivity contribution is 7.00. The van der Waals surface area contributed by atoms with Crippen LogP contribution >= 0.6 is 0 Å². The highest BCUT2D eigenvalue weighted by Crippen LogP contribution is 2.55. The zero-order valence-electron chi connectivity index (χ0n) is 61.9. The predicted octanol–water partition coefficient (Wildman–Crippen LogP) is 27.0. The fourth-order valence-corrected chi connectivity index (χ4v) is 18.4. The van der Waals surface area contributed by atoms with Crippen LogP contribution in [0.15, 0.2) is 431 Å². The van der Waals surface area contributed by atoms with Crippen LogP contribution in [0.2, 0.25) is 0 Å². The Morgan fingerprint density at radius 2 is 0.425 bits per heavy atom. The van der Waals surface area contributed by atoms with Gasteiger partial charge in [0.25, 0.3) is 6.71 Å². The van der Waals surface area contributed by atoms with Crippen LogP contribution in [-0.2, 0) is 0 Å². The number of aromatic nitrogens is 2. The molecule has 22 rings (SSSR count). The van der Waals surface area contributed by atoms with Crippen molar-refractivity contribution in [3.8, 4) is 112 Å². The van der Waals surface area contributed by atoms with Gasteiger partial charge in [0.2, 0.25) is 0 Å². The number of para-hydroxylation sites is 6. The van der Waals surface area contributed by atoms with E-state index in [1.807, 2.05) is 0 Å². The summed E-state index contributed by atoms with van der Waals surface area (Å²) in [6.07, 6.45) is 0. The van der Waals surface area contributed by atoms with Gasteiger partial charge in [-0.1, -0.05) is 346 Å². The number of nitrogens with zero attached hydrogens (tertiary/aromatic N) is 4. The molecule has 2 aromatic heterocycles. The molecule has 5 heteroatoms. The first-order chi connectivity index (χ1) is 56.1. The van der Waals surface area contributed by atoms with E-state index in [2.05, 4.69) is 450 Å². The minimum atomic E-state index is -0.290. The molecular formula is C108H71BN4. The van der Waals surface area contributed by atoms with E-state index in [1.165, 1.54) is 60.2 Å². The summed E-state index contributed by atoms with van der Waals surface area (Å²) in [5.41, 5.74) is 37.3. The summed E-state index contributed by atoms with van der Waals surface area (Å²) in [5, 5.41) is 4.85. The molecule has 0 aliphatic carbocycles. The molecule has 20 aromatic rings. The second-order valence-corrected chi connectivity index (χ2v) is 29.8. The van der Waals surface area contributed by atoms with Gasteiger partial charge in [0.1, 0.15) is 0 Å². The molecule has 0 radical (unpaired) electrons. The lowest BCUT2D eigenvalue weighted by Crippen LogP contribution is -2.61. The molecular weight excluding hydrogens is 1360 g/mol. The van der Waals surface area contributed by atoms with Crippen molar-refractivity contribution in [1.82, 2.24) is 9.13 Å². The molecule has 4 heterocycles. The third-order valence-electron chi connectivity index (χ3n) is 23.5. The number of fused-ring (bicyclic) bond motifs is 10. The number of anilines is 6. The lowest BCUT2D eigenvalue weighted by molar-refractivity contribution is 1.17. The zero-order chi connectivity index (χ0) is 74.5. The molecule has 0 N–H and O–H groups in total. The molecule has 0 amide bonds. The summed E-state index contributed by atoms with van der Waals surface area (Å²) in [7, 11) is 0. The van der Waals surface area contributed by atoms with Crippen LogP contribution in [0.5, 0.6) is 0 Å². The molecule has 0 fully saturated rings. The summed E-state index contributed by atoms with van der Waals surface area (Å²) in [4.78, 5) is 5.39. The highest BCUT2D eigenvalue weighted by atomic mass is 15.2. The summed E-state index contributed by atoms with van der Waals surface area (Å²) in [6.45, 7) is -0.290. The van der Waals surface area contributed by atoms with E-state index in [-0.39, 0.29) is 6.71 Å². The Hall–Kier alpha value is -14.8. The Morgan fingerprint density at radius 3 is 0.770 bits per heavy atom. The van der Waals surface area contributed by atoms with E-state index in [1.54, 1.807) is 0 Å². The predicted molar refractivity (Wildman–Crippen MR) is 478 cm³/mol. The summed E-state index contributed by atoms with van der Waals surface area (Å²) in [5.74, 6) is 0. The first kappa shape index (κ1) is 65.3. The third kappa shape index (κ3) is 11.0. The quantitative estimate of drug-likeness (QED) is 0.107. The maximum Gasteiger partial charge on any atom is 0.252 e. The minimum absolute atomic E-state index is 0.290. The van der Waals surface area contributed by atoms with E-state index in [4.69, 9.17) is 0 Å². The van der Waals surface area contributed by atoms with Crippen molar-refractivity contribution in [3.63, 3.8) is 0 Å². The van der Waals surface area contributed by atoms with E-state index in [9.17, 15) is 0 Å². The Morgan fingerprint density at radius 1 is 0.168 bits per heavy atom. The fraction of sp³-hybridized carbons (Fsp3) is 0. The average molecular weight is 1440 g/mol. The monoisotopic (exact) mass is 1430 g/mol. The SMILES string of the molecule is c1ccc(-c2cccc(-c3cccc(-c4cccc(-c5ccccc5)c4N4c5cc(-n6c7ccccc7c7ccccc76)ccc5B5c6ccc(-n7c8ccccc8c8ccccc87)cc6N(c6c(-c7ccccc7)cccc6-c6cccc(-c7cccc(-c8ccccc8)c7)c6)c6cc(-c7ccccc7)cc4c65)c3)c2)cc1. The van der Waals surface area contributed by atoms with Crippen molar-refractivity contribution in [2.75, 3.05) is 9.80 Å². The first-order valence-corrected chi connectivity index (χ1v) is 39.1. The minimum Gasteiger partial charge on any atom is -0.310 e. The number of rotatable bonds is 13. The van der Waals surface area contributed by atoms with Crippen LogP contribution in [0.25, 0.3) is 155 Å². The topological polar surface area (TPSA) is 16.3 Å². The third-order valence-corrected chi connectivity index (χ3v) is 23.5. The van der Waals surface area contributed by atoms with Crippen LogP contribution in [0, 0.1) is 0 Å². The molecule has 113 heavy (non-hydrogen) atoms. The molecule has 526 valence electrons. The van der Waals surface area contributed by atoms with Gasteiger partial charge in [-0.2, -0.15) is 0 Å². The largest absolute Gasteiger partial charge is 0.310 e. The molecule has 4 nitrogen and oxygen atoms in total. The Kier molecular flexibility index (Phi) is 15.7. The Labute approximate surface area is 657 Å². The van der Waals surface area contributed by atoms with E-state index < -0.39 is 0 Å². The summed E-state index contributed by atoms with van der Waals surface area (Å²) < 4.78 is 4.99. The van der Waals surface area contributed by atoms with E-state index in [0.717, 1.165) is 145 Å². The molecule has 0 saturated heterocycles. The van der Waals surface area contributed by atoms with Crippen molar-refractivity contribution in [2.45, 2.75) is 0 Å². The van der Waals surface area contributed by atoms with Crippen LogP contribution in [0.4, 0.5) is 34.1 Å². The lowest BCUT2D eigenvalue weighted by atomic mass is 9.33. The lowest BCUT2D eigenvalue weighted by Gasteiger charge is -2.46. The number of hydrogen-bond donors (Lipinski definition) is 0. The van der Waals surface area contributed by atoms with Crippen molar-refractivity contribution in [1.29, 1.82) is 0 Å². The Bertz CT molecular complexity index is 6610. The van der Waals surface area contributed by atoms with Gasteiger partial charge in [-0.05, 0) is 179 Å². The number of benzene rings is 18. The van der Waals surface area contributed by atoms with Crippen molar-refractivity contribution in [2.24, 2.45) is 0 Å². The molecule has 0 spiro atoms. The molecule has 0 atom stereocenters. The summed E-state index contributed by atoms with van der Waals surface area (Å²) in [6, 6.07) is 161. The van der Waals surface area contributed by atoms with Crippen LogP contribution in [-0.4, -0.2) is 15.8 Å². The molecule has 2 aliphatic rings. The van der Waals surface area contributed by atoms with Crippen molar-refractivity contribution in [3.05, 3.63) is 431 Å². The van der Waals surface area contributed by atoms with Crippen LogP contribution < -0.4 is 26.2 Å². The average Bonchev–Trinajstić information content (AvgIpc) is 1.12. The normalized spacial score (nSPS) is 12.2. The van der Waals surface area contributed by atoms with E-state index >= 15 is 0 Å². The highest BCUT2D eigenvalue weighted by Gasteiger charge is 2.46. The van der Waals surface area contributed by atoms with Gasteiger partial charge in [0.15, 0.2) is 0 Å². The maximum atomic E-state index is 2.70. The molecule has 0 saturated carbocycles. The van der Waals surface area contributed by atoms with Gasteiger partial charge in [0.05, 0.1) is 33.4 Å². The fourth-order valence-electron chi connectivity index (χ4n) is 18.4. The maximum absolute atomic E-state index is 2.70. The first-order valence-electron chi connectivity index (χ1n) is 39.1. The standard InChI is InChI=1S/C108H71BN4/c1-6-30-72(31-7-1)77-40-24-42-79(64-77)81-44-26-46-83(66-81)90-54-28-52-88(75-36-12-4-13-37-75)107(90)112-102-70-86(110-98-56-20-16-48-92(98)93-49-17-21-57-99(93)110)60-62-96(102)109-97-63-61-87(111-100-58-22-18-50-94(100)95-51-19-23-59-101(95)111)71-103(97)113(105-69-85(68-104(112)106(105)109)74-34-10-3-11-35-74)108-89(76-38-14-5-15-39-76)53-29-55-91(108)84-47-27-45-82(67-84)80-43-25-41-78(65-80)73-32-8-2-9-33-73/h1-71H. The van der Waals surface area contributed by atoms with Crippen molar-refractivity contribution < 1.29 is 0 Å². The molecule has 18 aromatic carbocycles. The zero-order valence-corrected chi connectivity index (χ0v) is 61.9. The van der Waals surface area contributed by atoms with Crippen molar-refractivity contribution >= 4 is 101 Å². The molecule has 0 unspecified atom stereocenters. The molecule has 2 aliphatic heterocycles. The molecule has 0 bridgehead atoms. The number of hydrogen-bond acceptors (Lipinski definition) is 2. The van der Waals surface area contributed by atoms with E-state index in [0.29, 0.717) is 0 Å². The van der Waals surface area contributed by atoms with Gasteiger partial charge in [-0.25, -0.2) is 0 Å². The second kappa shape index (κ2) is 27.1. The van der Waals surface area contributed by atoms with Gasteiger partial charge in [-0.3, -0.25) is 0 Å². The smallest absolute Gasteiger partial charge is 0.252 e. The van der Waals surface area contributed by atoms with Crippen LogP contribution in [0.1, 0.15) is 0 Å². The van der Waals surface area contributed by atoms with Gasteiger partial charge >= 0.3 is 0 Å². The van der Waals surface area contributed by atoms with Crippen LogP contribution in [0.3, 0.4) is 0 Å². The second-order valence-electron chi connectivity index (χ2n) is 29.8. The van der Waals surface area contributed by atoms with Gasteiger partial charge in [0, 0.05) is 77.9 Å². The van der Waals surface area contributed by atoms with Gasteiger partial charge in [-0.15, -0.1) is 0 Å². The Balaban J connectivity index is 0.871.